The highest BCUT2D eigenvalue weighted by atomic mass is 16.1. The van der Waals surface area contributed by atoms with Gasteiger partial charge in [-0.3, -0.25) is 4.79 Å². The van der Waals surface area contributed by atoms with Gasteiger partial charge >= 0.3 is 0 Å². The van der Waals surface area contributed by atoms with E-state index in [2.05, 4.69) is 0 Å². The monoisotopic (exact) mass is 159 g/mol. The van der Waals surface area contributed by atoms with E-state index in [-0.39, 0.29) is 5.78 Å². The highest BCUT2D eigenvalue weighted by molar-refractivity contribution is 5.78. The number of ketones is 1. The quantitative estimate of drug-likeness (QED) is 0.658. The van der Waals surface area contributed by atoms with Crippen LogP contribution in [0.4, 0.5) is 0 Å². The van der Waals surface area contributed by atoms with Gasteiger partial charge in [-0.15, -0.1) is 0 Å². The van der Waals surface area contributed by atoms with Gasteiger partial charge in [0.05, 0.1) is 11.6 Å². The maximum atomic E-state index is 10.7. The minimum atomic E-state index is 0.116. The van der Waals surface area contributed by atoms with Crippen LogP contribution in [0.25, 0.3) is 0 Å². The Labute approximate surface area is 71.4 Å². The van der Waals surface area contributed by atoms with Gasteiger partial charge < -0.3 is 0 Å². The van der Waals surface area contributed by atoms with Crippen LogP contribution in [0.1, 0.15) is 18.1 Å². The van der Waals surface area contributed by atoms with Crippen molar-refractivity contribution in [2.24, 2.45) is 0 Å². The summed E-state index contributed by atoms with van der Waals surface area (Å²) >= 11 is 0. The highest BCUT2D eigenvalue weighted by Gasteiger charge is 1.97. The zero-order valence-corrected chi connectivity index (χ0v) is 6.87. The van der Waals surface area contributed by atoms with Gasteiger partial charge in [0.15, 0.2) is 0 Å². The Kier molecular flexibility index (Phi) is 2.60. The SMILES string of the molecule is CC(=O)Cc1cccc(C#N)c1. The smallest absolute Gasteiger partial charge is 0.134 e. The van der Waals surface area contributed by atoms with Crippen molar-refractivity contribution in [1.29, 1.82) is 5.26 Å². The summed E-state index contributed by atoms with van der Waals surface area (Å²) in [5.74, 6) is 0.116. The number of nitrogens with zero attached hydrogens (tertiary/aromatic N) is 1. The Balaban J connectivity index is 2.88. The van der Waals surface area contributed by atoms with E-state index in [4.69, 9.17) is 5.26 Å². The lowest BCUT2D eigenvalue weighted by Gasteiger charge is -1.96. The molecule has 0 aliphatic heterocycles. The molecule has 1 aromatic carbocycles. The minimum absolute atomic E-state index is 0.116. The molecule has 0 atom stereocenters. The van der Waals surface area contributed by atoms with E-state index in [9.17, 15) is 4.79 Å². The fourth-order valence-corrected chi connectivity index (χ4v) is 1.04. The molecule has 0 radical (unpaired) electrons. The summed E-state index contributed by atoms with van der Waals surface area (Å²) in [6, 6.07) is 9.13. The predicted octanol–water partition coefficient (Wildman–Crippen LogP) is 1.69. The first kappa shape index (κ1) is 8.48. The van der Waals surface area contributed by atoms with E-state index in [1.807, 2.05) is 12.1 Å². The number of hydrogen-bond acceptors (Lipinski definition) is 2. The van der Waals surface area contributed by atoms with Gasteiger partial charge in [0, 0.05) is 6.42 Å². The maximum absolute atomic E-state index is 10.7. The number of nitriles is 1. The van der Waals surface area contributed by atoms with Crippen LogP contribution >= 0.6 is 0 Å². The summed E-state index contributed by atoms with van der Waals surface area (Å²) in [7, 11) is 0. The van der Waals surface area contributed by atoms with Crippen LogP contribution in [-0.2, 0) is 11.2 Å². The molecule has 2 heteroatoms. The van der Waals surface area contributed by atoms with Gasteiger partial charge in [0.25, 0.3) is 0 Å². The van der Waals surface area contributed by atoms with Crippen LogP contribution in [0, 0.1) is 11.3 Å². The number of hydrogen-bond donors (Lipinski definition) is 0. The summed E-state index contributed by atoms with van der Waals surface area (Å²) in [5, 5.41) is 8.56. The van der Waals surface area contributed by atoms with Crippen molar-refractivity contribution in [2.75, 3.05) is 0 Å². The molecule has 0 saturated heterocycles. The number of carbonyl (C=O) groups excluding carboxylic acids is 1. The molecule has 0 amide bonds. The molecule has 0 heterocycles. The first-order chi connectivity index (χ1) is 5.72. The lowest BCUT2D eigenvalue weighted by molar-refractivity contribution is -0.116. The molecule has 0 bridgehead atoms. The van der Waals surface area contributed by atoms with E-state index >= 15 is 0 Å². The Bertz CT molecular complexity index is 336. The number of Topliss-reactive ketones (excluding diaryl/α,β-unsaturated/α-hetero) is 1. The first-order valence-electron chi connectivity index (χ1n) is 3.71. The molecule has 0 spiro atoms. The van der Waals surface area contributed by atoms with Gasteiger partial charge in [-0.2, -0.15) is 5.26 Å². The molecule has 60 valence electrons. The highest BCUT2D eigenvalue weighted by Crippen LogP contribution is 2.04. The minimum Gasteiger partial charge on any atom is -0.300 e. The van der Waals surface area contributed by atoms with Crippen LogP contribution < -0.4 is 0 Å². The fraction of sp³-hybridized carbons (Fsp3) is 0.200. The summed E-state index contributed by atoms with van der Waals surface area (Å²) in [6.45, 7) is 1.54. The van der Waals surface area contributed by atoms with Gasteiger partial charge in [0.1, 0.15) is 5.78 Å². The number of carbonyl (C=O) groups is 1. The maximum Gasteiger partial charge on any atom is 0.134 e. The summed E-state index contributed by atoms with van der Waals surface area (Å²) in [6.07, 6.45) is 0.412. The van der Waals surface area contributed by atoms with Crippen molar-refractivity contribution in [2.45, 2.75) is 13.3 Å². The zero-order chi connectivity index (χ0) is 8.97. The summed E-state index contributed by atoms with van der Waals surface area (Å²) < 4.78 is 0. The van der Waals surface area contributed by atoms with Crippen molar-refractivity contribution in [1.82, 2.24) is 0 Å². The van der Waals surface area contributed by atoms with E-state index in [1.165, 1.54) is 0 Å². The van der Waals surface area contributed by atoms with Gasteiger partial charge in [-0.05, 0) is 24.6 Å². The molecular weight excluding hydrogens is 150 g/mol. The summed E-state index contributed by atoms with van der Waals surface area (Å²) in [4.78, 5) is 10.7. The molecule has 2 nitrogen and oxygen atoms in total. The molecule has 1 aromatic rings. The molecule has 12 heavy (non-hydrogen) atoms. The van der Waals surface area contributed by atoms with Crippen molar-refractivity contribution >= 4 is 5.78 Å². The van der Waals surface area contributed by atoms with Crippen molar-refractivity contribution in [3.8, 4) is 6.07 Å². The third-order valence-electron chi connectivity index (χ3n) is 1.51. The molecule has 1 rings (SSSR count). The lowest BCUT2D eigenvalue weighted by atomic mass is 10.1. The molecule has 0 N–H and O–H groups in total. The van der Waals surface area contributed by atoms with Gasteiger partial charge in [-0.1, -0.05) is 12.1 Å². The van der Waals surface area contributed by atoms with E-state index in [1.54, 1.807) is 25.1 Å². The zero-order valence-electron chi connectivity index (χ0n) is 6.87. The standard InChI is InChI=1S/C10H9NO/c1-8(12)5-9-3-2-4-10(6-9)7-11/h2-4,6H,5H2,1H3. The largest absolute Gasteiger partial charge is 0.300 e. The van der Waals surface area contributed by atoms with Crippen molar-refractivity contribution in [3.05, 3.63) is 35.4 Å². The summed E-state index contributed by atoms with van der Waals surface area (Å²) in [5.41, 5.74) is 1.51. The van der Waals surface area contributed by atoms with Crippen LogP contribution in [0.2, 0.25) is 0 Å². The molecule has 0 aromatic heterocycles. The van der Waals surface area contributed by atoms with Crippen molar-refractivity contribution in [3.63, 3.8) is 0 Å². The van der Waals surface area contributed by atoms with Crippen LogP contribution in [0.5, 0.6) is 0 Å². The van der Waals surface area contributed by atoms with Gasteiger partial charge in [-0.25, -0.2) is 0 Å². The average molecular weight is 159 g/mol. The van der Waals surface area contributed by atoms with E-state index in [0.29, 0.717) is 12.0 Å². The van der Waals surface area contributed by atoms with E-state index in [0.717, 1.165) is 5.56 Å². The second kappa shape index (κ2) is 3.68. The Morgan fingerprint density at radius 2 is 2.33 bits per heavy atom. The topological polar surface area (TPSA) is 40.9 Å². The predicted molar refractivity (Wildman–Crippen MR) is 45.5 cm³/mol. The van der Waals surface area contributed by atoms with Crippen molar-refractivity contribution < 1.29 is 4.79 Å². The Morgan fingerprint density at radius 1 is 1.58 bits per heavy atom. The fourth-order valence-electron chi connectivity index (χ4n) is 1.04. The molecule has 0 aliphatic carbocycles. The Hall–Kier alpha value is -1.62. The third kappa shape index (κ3) is 2.21. The first-order valence-corrected chi connectivity index (χ1v) is 3.71. The van der Waals surface area contributed by atoms with Gasteiger partial charge in [0.2, 0.25) is 0 Å². The second-order valence-corrected chi connectivity index (χ2v) is 2.69. The van der Waals surface area contributed by atoms with Crippen LogP contribution in [0.15, 0.2) is 24.3 Å². The third-order valence-corrected chi connectivity index (χ3v) is 1.51. The van der Waals surface area contributed by atoms with E-state index < -0.39 is 0 Å². The molecule has 0 unspecified atom stereocenters. The molecular formula is C10H9NO. The second-order valence-electron chi connectivity index (χ2n) is 2.69. The number of rotatable bonds is 2. The average Bonchev–Trinajstić information content (AvgIpc) is 2.03. The molecule has 0 fully saturated rings. The number of benzene rings is 1. The molecule has 0 saturated carbocycles. The van der Waals surface area contributed by atoms with Crippen LogP contribution in [-0.4, -0.2) is 5.78 Å². The Morgan fingerprint density at radius 3 is 2.92 bits per heavy atom. The normalized spacial score (nSPS) is 9.00. The van der Waals surface area contributed by atoms with Crippen LogP contribution in [0.3, 0.4) is 0 Å². The molecule has 0 aliphatic rings. The lowest BCUT2D eigenvalue weighted by Crippen LogP contribution is -1.95.